The topological polar surface area (TPSA) is 66.8 Å². The molecule has 16 heavy (non-hydrogen) atoms. The molecule has 84 valence electrons. The molecule has 0 saturated carbocycles. The number of aliphatic hydroxyl groups excluding tert-OH is 1. The molecule has 1 aliphatic rings. The Balaban J connectivity index is 2.45. The van der Waals surface area contributed by atoms with Crippen molar-refractivity contribution in [3.63, 3.8) is 0 Å². The Labute approximate surface area is 92.8 Å². The number of carbonyl (C=O) groups is 1. The predicted octanol–water partition coefficient (Wildman–Crippen LogP) is 1.67. The van der Waals surface area contributed by atoms with E-state index >= 15 is 0 Å². The highest BCUT2D eigenvalue weighted by Gasteiger charge is 2.26. The van der Waals surface area contributed by atoms with Crippen molar-refractivity contribution in [2.45, 2.75) is 19.4 Å². The van der Waals surface area contributed by atoms with Crippen molar-refractivity contribution in [2.24, 2.45) is 0 Å². The molecular weight excluding hydrogens is 208 g/mol. The highest BCUT2D eigenvalue weighted by molar-refractivity contribution is 6.03. The maximum absolute atomic E-state index is 11.4. The van der Waals surface area contributed by atoms with Gasteiger partial charge in [-0.1, -0.05) is 6.92 Å². The first-order valence-corrected chi connectivity index (χ1v) is 5.07. The van der Waals surface area contributed by atoms with Crippen LogP contribution < -0.4 is 0 Å². The standard InChI is InChI=1S/C12H12O4/c1-2-7(13)6-11-10-5-8(14)3-4-9(10)12(15)16-11/h3-7,13-14H,2H2,1H3/b11-6+. The van der Waals surface area contributed by atoms with Gasteiger partial charge in [-0.3, -0.25) is 0 Å². The lowest BCUT2D eigenvalue weighted by molar-refractivity contribution is 0.0713. The van der Waals surface area contributed by atoms with Gasteiger partial charge in [-0.05, 0) is 30.7 Å². The summed E-state index contributed by atoms with van der Waals surface area (Å²) in [5.41, 5.74) is 0.935. The summed E-state index contributed by atoms with van der Waals surface area (Å²) in [5.74, 6) is -0.0799. The maximum Gasteiger partial charge on any atom is 0.344 e. The van der Waals surface area contributed by atoms with E-state index in [0.29, 0.717) is 23.3 Å². The Kier molecular flexibility index (Phi) is 2.66. The number of ether oxygens (including phenoxy) is 1. The summed E-state index contributed by atoms with van der Waals surface area (Å²) in [5, 5.41) is 18.8. The molecular formula is C12H12O4. The lowest BCUT2D eigenvalue weighted by Gasteiger charge is -2.03. The average molecular weight is 220 g/mol. The molecule has 1 aromatic carbocycles. The van der Waals surface area contributed by atoms with Crippen LogP contribution in [0.1, 0.15) is 29.3 Å². The summed E-state index contributed by atoms with van der Waals surface area (Å²) < 4.78 is 5.01. The maximum atomic E-state index is 11.4. The second-order valence-corrected chi connectivity index (χ2v) is 3.63. The van der Waals surface area contributed by atoms with Crippen molar-refractivity contribution in [1.82, 2.24) is 0 Å². The van der Waals surface area contributed by atoms with E-state index in [4.69, 9.17) is 4.74 Å². The largest absolute Gasteiger partial charge is 0.508 e. The van der Waals surface area contributed by atoms with Crippen LogP contribution >= 0.6 is 0 Å². The van der Waals surface area contributed by atoms with E-state index in [1.165, 1.54) is 24.3 Å². The molecule has 2 N–H and O–H groups in total. The number of carbonyl (C=O) groups excluding carboxylic acids is 1. The second kappa shape index (κ2) is 3.98. The lowest BCUT2D eigenvalue weighted by Crippen LogP contribution is -2.00. The van der Waals surface area contributed by atoms with Crippen molar-refractivity contribution in [3.05, 3.63) is 35.4 Å². The van der Waals surface area contributed by atoms with Crippen molar-refractivity contribution in [2.75, 3.05) is 0 Å². The van der Waals surface area contributed by atoms with Gasteiger partial charge in [0.05, 0.1) is 11.7 Å². The van der Waals surface area contributed by atoms with Gasteiger partial charge in [0.1, 0.15) is 11.5 Å². The zero-order valence-corrected chi connectivity index (χ0v) is 8.80. The van der Waals surface area contributed by atoms with Gasteiger partial charge < -0.3 is 14.9 Å². The summed E-state index contributed by atoms with van der Waals surface area (Å²) in [4.78, 5) is 11.4. The number of rotatable bonds is 2. The van der Waals surface area contributed by atoms with E-state index in [2.05, 4.69) is 0 Å². The Bertz CT molecular complexity index is 462. The Morgan fingerprint density at radius 1 is 1.44 bits per heavy atom. The average Bonchev–Trinajstić information content (AvgIpc) is 2.55. The number of hydrogen-bond acceptors (Lipinski definition) is 4. The van der Waals surface area contributed by atoms with Crippen molar-refractivity contribution >= 4 is 11.7 Å². The SMILES string of the molecule is CCC(O)/C=C1/OC(=O)c2ccc(O)cc21. The number of esters is 1. The molecule has 0 saturated heterocycles. The fraction of sp³-hybridized carbons (Fsp3) is 0.250. The summed E-state index contributed by atoms with van der Waals surface area (Å²) in [6, 6.07) is 4.39. The molecule has 0 aliphatic carbocycles. The molecule has 2 rings (SSSR count). The van der Waals surface area contributed by atoms with E-state index in [-0.39, 0.29) is 5.75 Å². The number of fused-ring (bicyclic) bond motifs is 1. The number of cyclic esters (lactones) is 1. The van der Waals surface area contributed by atoms with Crippen LogP contribution in [0.5, 0.6) is 5.75 Å². The quantitative estimate of drug-likeness (QED) is 0.744. The molecule has 0 amide bonds. The van der Waals surface area contributed by atoms with Gasteiger partial charge >= 0.3 is 5.97 Å². The third-order valence-electron chi connectivity index (χ3n) is 2.45. The number of phenols is 1. The number of aromatic hydroxyl groups is 1. The van der Waals surface area contributed by atoms with Crippen molar-refractivity contribution in [3.8, 4) is 5.75 Å². The summed E-state index contributed by atoms with van der Waals surface area (Å²) in [6.07, 6.45) is 1.36. The second-order valence-electron chi connectivity index (χ2n) is 3.63. The molecule has 1 atom stereocenters. The first kappa shape index (κ1) is 10.7. The fourth-order valence-electron chi connectivity index (χ4n) is 1.54. The first-order chi connectivity index (χ1) is 7.61. The first-order valence-electron chi connectivity index (χ1n) is 5.07. The van der Waals surface area contributed by atoms with Gasteiger partial charge in [0.25, 0.3) is 0 Å². The van der Waals surface area contributed by atoms with E-state index in [9.17, 15) is 15.0 Å². The van der Waals surface area contributed by atoms with Gasteiger partial charge in [-0.15, -0.1) is 0 Å². The van der Waals surface area contributed by atoms with Gasteiger partial charge in [-0.2, -0.15) is 0 Å². The number of aliphatic hydroxyl groups is 1. The van der Waals surface area contributed by atoms with Gasteiger partial charge in [0, 0.05) is 5.56 Å². The van der Waals surface area contributed by atoms with Gasteiger partial charge in [-0.25, -0.2) is 4.79 Å². The summed E-state index contributed by atoms with van der Waals surface area (Å²) in [6.45, 7) is 1.82. The molecule has 0 bridgehead atoms. The minimum absolute atomic E-state index is 0.0638. The minimum Gasteiger partial charge on any atom is -0.508 e. The van der Waals surface area contributed by atoms with Gasteiger partial charge in [0.2, 0.25) is 0 Å². The Morgan fingerprint density at radius 3 is 2.88 bits per heavy atom. The number of hydrogen-bond donors (Lipinski definition) is 2. The zero-order chi connectivity index (χ0) is 11.7. The normalized spacial score (nSPS) is 18.4. The molecule has 0 spiro atoms. The lowest BCUT2D eigenvalue weighted by atomic mass is 10.1. The van der Waals surface area contributed by atoms with Crippen LogP contribution in [0.4, 0.5) is 0 Å². The highest BCUT2D eigenvalue weighted by Crippen LogP contribution is 2.32. The third kappa shape index (κ3) is 1.79. The molecule has 1 heterocycles. The van der Waals surface area contributed by atoms with E-state index in [0.717, 1.165) is 0 Å². The highest BCUT2D eigenvalue weighted by atomic mass is 16.5. The minimum atomic E-state index is -0.656. The Morgan fingerprint density at radius 2 is 2.19 bits per heavy atom. The third-order valence-corrected chi connectivity index (χ3v) is 2.45. The molecule has 4 nitrogen and oxygen atoms in total. The smallest absolute Gasteiger partial charge is 0.344 e. The van der Waals surface area contributed by atoms with Gasteiger partial charge in [0.15, 0.2) is 0 Å². The van der Waals surface area contributed by atoms with E-state index in [1.54, 1.807) is 0 Å². The molecule has 0 radical (unpaired) electrons. The van der Waals surface area contributed by atoms with Crippen molar-refractivity contribution < 1.29 is 19.7 Å². The van der Waals surface area contributed by atoms with Crippen LogP contribution in [-0.4, -0.2) is 22.3 Å². The van der Waals surface area contributed by atoms with Crippen LogP contribution in [0.3, 0.4) is 0 Å². The number of phenolic OH excluding ortho intramolecular Hbond substituents is 1. The molecule has 1 aromatic rings. The van der Waals surface area contributed by atoms with Crippen LogP contribution in [0, 0.1) is 0 Å². The van der Waals surface area contributed by atoms with Crippen LogP contribution in [0.25, 0.3) is 5.76 Å². The summed E-state index contributed by atoms with van der Waals surface area (Å²) in [7, 11) is 0. The molecule has 0 fully saturated rings. The number of benzene rings is 1. The van der Waals surface area contributed by atoms with Crippen molar-refractivity contribution in [1.29, 1.82) is 0 Å². The monoisotopic (exact) mass is 220 g/mol. The fourth-order valence-corrected chi connectivity index (χ4v) is 1.54. The predicted molar refractivity (Wildman–Crippen MR) is 57.8 cm³/mol. The molecule has 0 aromatic heterocycles. The molecule has 1 aliphatic heterocycles. The Hall–Kier alpha value is -1.81. The van der Waals surface area contributed by atoms with E-state index in [1.807, 2.05) is 6.92 Å². The summed E-state index contributed by atoms with van der Waals surface area (Å²) >= 11 is 0. The van der Waals surface area contributed by atoms with Crippen LogP contribution in [0.2, 0.25) is 0 Å². The molecule has 1 unspecified atom stereocenters. The van der Waals surface area contributed by atoms with Crippen LogP contribution in [-0.2, 0) is 4.74 Å². The van der Waals surface area contributed by atoms with E-state index < -0.39 is 12.1 Å². The van der Waals surface area contributed by atoms with Crippen LogP contribution in [0.15, 0.2) is 24.3 Å². The molecule has 4 heteroatoms. The zero-order valence-electron chi connectivity index (χ0n) is 8.80.